The SMILES string of the molecule is C=C(C)C(=O)OCCCCCCCCCCC(=O)OCC(CO)(CO)COC(=O)CCCCCCCCCCOC(=O)C(=C)C. The van der Waals surface area contributed by atoms with Crippen LogP contribution in [0.1, 0.15) is 129 Å². The van der Waals surface area contributed by atoms with Crippen LogP contribution in [-0.2, 0) is 38.1 Å². The van der Waals surface area contributed by atoms with Crippen LogP contribution in [0.3, 0.4) is 0 Å². The van der Waals surface area contributed by atoms with Crippen LogP contribution >= 0.6 is 0 Å². The lowest BCUT2D eigenvalue weighted by molar-refractivity contribution is -0.159. The van der Waals surface area contributed by atoms with Gasteiger partial charge in [-0.1, -0.05) is 90.2 Å². The van der Waals surface area contributed by atoms with Gasteiger partial charge in [-0.2, -0.15) is 0 Å². The summed E-state index contributed by atoms with van der Waals surface area (Å²) in [5, 5.41) is 19.7. The maximum absolute atomic E-state index is 12.2. The van der Waals surface area contributed by atoms with Gasteiger partial charge >= 0.3 is 23.9 Å². The molecule has 10 nitrogen and oxygen atoms in total. The fraction of sp³-hybridized carbons (Fsp3) is 0.771. The van der Waals surface area contributed by atoms with Crippen molar-refractivity contribution < 1.29 is 48.3 Å². The molecule has 260 valence electrons. The summed E-state index contributed by atoms with van der Waals surface area (Å²) in [6.07, 6.45) is 15.9. The highest BCUT2D eigenvalue weighted by Crippen LogP contribution is 2.19. The first-order chi connectivity index (χ1) is 21.6. The molecule has 0 aromatic rings. The minimum absolute atomic E-state index is 0.218. The minimum Gasteiger partial charge on any atom is -0.465 e. The molecule has 0 saturated carbocycles. The quantitative estimate of drug-likeness (QED) is 0.0397. The molecule has 0 atom stereocenters. The zero-order chi connectivity index (χ0) is 33.8. The van der Waals surface area contributed by atoms with Crippen molar-refractivity contribution >= 4 is 23.9 Å². The summed E-state index contributed by atoms with van der Waals surface area (Å²) in [5.74, 6) is -1.48. The minimum atomic E-state index is -1.23. The summed E-state index contributed by atoms with van der Waals surface area (Å²) >= 11 is 0. The molecule has 0 aromatic carbocycles. The predicted octanol–water partition coefficient (Wildman–Crippen LogP) is 6.30. The van der Waals surface area contributed by atoms with Crippen molar-refractivity contribution in [3.8, 4) is 0 Å². The average molecular weight is 641 g/mol. The predicted molar refractivity (Wildman–Crippen MR) is 173 cm³/mol. The van der Waals surface area contributed by atoms with Crippen molar-refractivity contribution in [1.82, 2.24) is 0 Å². The van der Waals surface area contributed by atoms with Crippen LogP contribution in [0.25, 0.3) is 0 Å². The van der Waals surface area contributed by atoms with E-state index in [2.05, 4.69) is 13.2 Å². The third-order valence-electron chi connectivity index (χ3n) is 7.46. The standard InChI is InChI=1S/C35H60O10/c1-29(2)33(40)42-23-19-15-11-7-5-9-13-17-21-31(38)44-27-35(25-36,26-37)28-45-32(39)22-18-14-10-6-8-12-16-20-24-43-34(41)30(3)4/h36-37H,1,3,5-28H2,2,4H3. The Morgan fingerprint density at radius 3 is 1.07 bits per heavy atom. The smallest absolute Gasteiger partial charge is 0.333 e. The van der Waals surface area contributed by atoms with E-state index in [-0.39, 0.29) is 38.0 Å². The van der Waals surface area contributed by atoms with Gasteiger partial charge in [-0.3, -0.25) is 9.59 Å². The molecule has 0 radical (unpaired) electrons. The van der Waals surface area contributed by atoms with Crippen molar-refractivity contribution in [2.75, 3.05) is 39.6 Å². The highest BCUT2D eigenvalue weighted by Gasteiger charge is 2.33. The fourth-order valence-electron chi connectivity index (χ4n) is 4.33. The van der Waals surface area contributed by atoms with E-state index < -0.39 is 30.6 Å². The van der Waals surface area contributed by atoms with E-state index in [4.69, 9.17) is 18.9 Å². The molecule has 0 unspecified atom stereocenters. The summed E-state index contributed by atoms with van der Waals surface area (Å²) in [4.78, 5) is 47.0. The highest BCUT2D eigenvalue weighted by atomic mass is 16.6. The van der Waals surface area contributed by atoms with Gasteiger partial charge in [0.05, 0.1) is 31.8 Å². The monoisotopic (exact) mass is 640 g/mol. The third-order valence-corrected chi connectivity index (χ3v) is 7.46. The summed E-state index contributed by atoms with van der Waals surface area (Å²) in [6.45, 7) is 9.83. The van der Waals surface area contributed by atoms with Crippen LogP contribution in [0.15, 0.2) is 24.3 Å². The molecule has 0 bridgehead atoms. The lowest BCUT2D eigenvalue weighted by atomic mass is 9.92. The van der Waals surface area contributed by atoms with Gasteiger partial charge < -0.3 is 29.2 Å². The van der Waals surface area contributed by atoms with Crippen LogP contribution in [0.4, 0.5) is 0 Å². The molecular weight excluding hydrogens is 580 g/mol. The molecule has 0 heterocycles. The second-order valence-electron chi connectivity index (χ2n) is 12.1. The average Bonchev–Trinajstić information content (AvgIpc) is 3.02. The van der Waals surface area contributed by atoms with Gasteiger partial charge in [0.25, 0.3) is 0 Å². The zero-order valence-electron chi connectivity index (χ0n) is 28.0. The number of ether oxygens (including phenoxy) is 4. The number of carbonyl (C=O) groups excluding carboxylic acids is 4. The molecule has 0 aliphatic rings. The molecule has 10 heteroatoms. The van der Waals surface area contributed by atoms with Crippen LogP contribution in [-0.4, -0.2) is 73.7 Å². The Morgan fingerprint density at radius 2 is 0.778 bits per heavy atom. The van der Waals surface area contributed by atoms with Crippen LogP contribution in [0.5, 0.6) is 0 Å². The first-order valence-electron chi connectivity index (χ1n) is 16.7. The van der Waals surface area contributed by atoms with Gasteiger partial charge in [-0.05, 0) is 39.5 Å². The Morgan fingerprint density at radius 1 is 0.489 bits per heavy atom. The lowest BCUT2D eigenvalue weighted by Crippen LogP contribution is -2.41. The van der Waals surface area contributed by atoms with Gasteiger partial charge in [-0.15, -0.1) is 0 Å². The van der Waals surface area contributed by atoms with E-state index in [1.165, 1.54) is 0 Å². The Hall–Kier alpha value is -2.72. The van der Waals surface area contributed by atoms with Gasteiger partial charge in [0.1, 0.15) is 13.2 Å². The normalized spacial score (nSPS) is 11.1. The number of aliphatic hydroxyl groups is 2. The zero-order valence-corrected chi connectivity index (χ0v) is 28.0. The first-order valence-corrected chi connectivity index (χ1v) is 16.7. The Kier molecular flexibility index (Phi) is 25.9. The van der Waals surface area contributed by atoms with Gasteiger partial charge in [0.15, 0.2) is 0 Å². The van der Waals surface area contributed by atoms with Crippen molar-refractivity contribution in [3.63, 3.8) is 0 Å². The van der Waals surface area contributed by atoms with Gasteiger partial charge in [-0.25, -0.2) is 9.59 Å². The van der Waals surface area contributed by atoms with E-state index in [9.17, 15) is 29.4 Å². The highest BCUT2D eigenvalue weighted by molar-refractivity contribution is 5.87. The lowest BCUT2D eigenvalue weighted by Gasteiger charge is -2.28. The van der Waals surface area contributed by atoms with Gasteiger partial charge in [0, 0.05) is 24.0 Å². The number of hydrogen-bond acceptors (Lipinski definition) is 10. The Labute approximate surface area is 270 Å². The van der Waals surface area contributed by atoms with Crippen LogP contribution in [0.2, 0.25) is 0 Å². The summed E-state index contributed by atoms with van der Waals surface area (Å²) in [7, 11) is 0. The Balaban J connectivity index is 3.85. The molecular formula is C35H60O10. The Bertz CT molecular complexity index is 796. The second-order valence-corrected chi connectivity index (χ2v) is 12.1. The van der Waals surface area contributed by atoms with Crippen LogP contribution in [0, 0.1) is 5.41 Å². The van der Waals surface area contributed by atoms with E-state index >= 15 is 0 Å². The molecule has 0 aliphatic carbocycles. The van der Waals surface area contributed by atoms with Crippen molar-refractivity contribution in [1.29, 1.82) is 0 Å². The molecule has 0 rings (SSSR count). The van der Waals surface area contributed by atoms with E-state index in [0.717, 1.165) is 89.9 Å². The molecule has 0 fully saturated rings. The summed E-state index contributed by atoms with van der Waals surface area (Å²) in [6, 6.07) is 0. The van der Waals surface area contributed by atoms with Crippen LogP contribution < -0.4 is 0 Å². The summed E-state index contributed by atoms with van der Waals surface area (Å²) < 4.78 is 20.7. The molecule has 0 saturated heterocycles. The van der Waals surface area contributed by atoms with E-state index in [1.54, 1.807) is 13.8 Å². The number of unbranched alkanes of at least 4 members (excludes halogenated alkanes) is 14. The summed E-state index contributed by atoms with van der Waals surface area (Å²) in [5.41, 5.74) is -0.398. The molecule has 0 aromatic heterocycles. The van der Waals surface area contributed by atoms with Crippen molar-refractivity contribution in [3.05, 3.63) is 24.3 Å². The largest absolute Gasteiger partial charge is 0.465 e. The maximum Gasteiger partial charge on any atom is 0.333 e. The van der Waals surface area contributed by atoms with Crippen molar-refractivity contribution in [2.45, 2.75) is 129 Å². The number of esters is 4. The van der Waals surface area contributed by atoms with Gasteiger partial charge in [0.2, 0.25) is 0 Å². The molecule has 0 aliphatic heterocycles. The number of hydrogen-bond donors (Lipinski definition) is 2. The first kappa shape index (κ1) is 42.3. The second kappa shape index (κ2) is 27.6. The number of rotatable bonds is 30. The molecule has 2 N–H and O–H groups in total. The molecule has 0 amide bonds. The molecule has 0 spiro atoms. The van der Waals surface area contributed by atoms with E-state index in [0.29, 0.717) is 37.2 Å². The van der Waals surface area contributed by atoms with Crippen molar-refractivity contribution in [2.24, 2.45) is 5.41 Å². The maximum atomic E-state index is 12.2. The topological polar surface area (TPSA) is 146 Å². The number of carbonyl (C=O) groups is 4. The molecule has 45 heavy (non-hydrogen) atoms. The van der Waals surface area contributed by atoms with E-state index in [1.807, 2.05) is 0 Å². The third kappa shape index (κ3) is 24.2. The fourth-order valence-corrected chi connectivity index (χ4v) is 4.33. The number of aliphatic hydroxyl groups excluding tert-OH is 2.